The fourth-order valence-electron chi connectivity index (χ4n) is 1.78. The van der Waals surface area contributed by atoms with E-state index >= 15 is 0 Å². The molecule has 0 atom stereocenters. The molecule has 3 rings (SSSR count). The largest absolute Gasteiger partial charge is 0.467 e. The van der Waals surface area contributed by atoms with Gasteiger partial charge >= 0.3 is 6.01 Å². The van der Waals surface area contributed by atoms with E-state index in [1.807, 2.05) is 6.07 Å². The number of aromatic nitrogens is 2. The van der Waals surface area contributed by atoms with Crippen molar-refractivity contribution in [1.29, 1.82) is 0 Å². The number of halogens is 1. The second-order valence-electron chi connectivity index (χ2n) is 4.20. The fourth-order valence-corrected chi connectivity index (χ4v) is 1.78. The number of rotatable bonds is 5. The molecule has 0 radical (unpaired) electrons. The molecule has 0 saturated heterocycles. The highest BCUT2D eigenvalue weighted by atomic mass is 19.1. The Hall–Kier alpha value is -2.63. The lowest BCUT2D eigenvalue weighted by atomic mass is 10.1. The van der Waals surface area contributed by atoms with Crippen molar-refractivity contribution in [2.24, 2.45) is 0 Å². The predicted molar refractivity (Wildman–Crippen MR) is 69.5 cm³/mol. The molecule has 0 saturated carbocycles. The Kier molecular flexibility index (Phi) is 3.45. The van der Waals surface area contributed by atoms with Gasteiger partial charge in [0.2, 0.25) is 5.89 Å². The molecule has 0 spiro atoms. The molecule has 0 aliphatic carbocycles. The Labute approximate surface area is 114 Å². The van der Waals surface area contributed by atoms with Crippen molar-refractivity contribution in [1.82, 2.24) is 10.2 Å². The monoisotopic (exact) mass is 273 g/mol. The van der Waals surface area contributed by atoms with Crippen LogP contribution in [0.2, 0.25) is 0 Å². The third-order valence-corrected chi connectivity index (χ3v) is 2.76. The van der Waals surface area contributed by atoms with Gasteiger partial charge in [-0.3, -0.25) is 0 Å². The summed E-state index contributed by atoms with van der Waals surface area (Å²) in [7, 11) is 0. The molecule has 2 heterocycles. The summed E-state index contributed by atoms with van der Waals surface area (Å²) in [6, 6.07) is 10.4. The first-order chi connectivity index (χ1) is 9.81. The van der Waals surface area contributed by atoms with Crippen LogP contribution in [0.1, 0.15) is 17.2 Å². The maximum Gasteiger partial charge on any atom is 0.315 e. The highest BCUT2D eigenvalue weighted by molar-refractivity contribution is 5.23. The normalized spacial score (nSPS) is 10.7. The lowest BCUT2D eigenvalue weighted by Crippen LogP contribution is -1.97. The molecule has 6 heteroatoms. The van der Waals surface area contributed by atoms with E-state index in [1.54, 1.807) is 30.5 Å². The third-order valence-electron chi connectivity index (χ3n) is 2.76. The fraction of sp³-hybridized carbons (Fsp3) is 0.143. The van der Waals surface area contributed by atoms with Gasteiger partial charge in [-0.2, -0.15) is 0 Å². The smallest absolute Gasteiger partial charge is 0.315 e. The zero-order valence-corrected chi connectivity index (χ0v) is 10.5. The standard InChI is InChI=1S/C14H12FN3O2/c15-12-6-2-1-4-10(12)8-13-17-18-14(20-13)16-9-11-5-3-7-19-11/h1-7H,8-9H2,(H,16,18). The van der Waals surface area contributed by atoms with Crippen LogP contribution in [0.25, 0.3) is 0 Å². The van der Waals surface area contributed by atoms with E-state index in [0.29, 0.717) is 18.0 Å². The minimum Gasteiger partial charge on any atom is -0.467 e. The van der Waals surface area contributed by atoms with E-state index in [-0.39, 0.29) is 18.3 Å². The SMILES string of the molecule is Fc1ccccc1Cc1nnc(NCc2ccco2)o1. The molecular weight excluding hydrogens is 261 g/mol. The van der Waals surface area contributed by atoms with E-state index in [2.05, 4.69) is 15.5 Å². The minimum atomic E-state index is -0.282. The summed E-state index contributed by atoms with van der Waals surface area (Å²) in [6.07, 6.45) is 1.86. The van der Waals surface area contributed by atoms with Gasteiger partial charge in [-0.1, -0.05) is 23.3 Å². The second-order valence-corrected chi connectivity index (χ2v) is 4.20. The van der Waals surface area contributed by atoms with Crippen LogP contribution in [-0.2, 0) is 13.0 Å². The van der Waals surface area contributed by atoms with Gasteiger partial charge in [-0.05, 0) is 23.8 Å². The molecule has 0 fully saturated rings. The molecule has 20 heavy (non-hydrogen) atoms. The van der Waals surface area contributed by atoms with Crippen LogP contribution in [0, 0.1) is 5.82 Å². The van der Waals surface area contributed by atoms with Crippen LogP contribution in [-0.4, -0.2) is 10.2 Å². The number of hydrogen-bond acceptors (Lipinski definition) is 5. The molecule has 5 nitrogen and oxygen atoms in total. The Morgan fingerprint density at radius 3 is 2.80 bits per heavy atom. The van der Waals surface area contributed by atoms with E-state index in [4.69, 9.17) is 8.83 Å². The minimum absolute atomic E-state index is 0.266. The first-order valence-corrected chi connectivity index (χ1v) is 6.13. The van der Waals surface area contributed by atoms with Crippen molar-refractivity contribution >= 4 is 6.01 Å². The number of furan rings is 1. The molecule has 0 aliphatic heterocycles. The van der Waals surface area contributed by atoms with Gasteiger partial charge in [0.15, 0.2) is 0 Å². The summed E-state index contributed by atoms with van der Waals surface area (Å²) in [5.74, 6) is 0.840. The molecular formula is C14H12FN3O2. The van der Waals surface area contributed by atoms with E-state index in [0.717, 1.165) is 5.76 Å². The van der Waals surface area contributed by atoms with E-state index < -0.39 is 0 Å². The van der Waals surface area contributed by atoms with Crippen LogP contribution < -0.4 is 5.32 Å². The summed E-state index contributed by atoms with van der Waals surface area (Å²) in [5, 5.41) is 10.7. The predicted octanol–water partition coefficient (Wildman–Crippen LogP) is 3.00. The summed E-state index contributed by atoms with van der Waals surface area (Å²) in [5.41, 5.74) is 0.522. The average Bonchev–Trinajstić information content (AvgIpc) is 3.10. The van der Waals surface area contributed by atoms with Gasteiger partial charge < -0.3 is 14.2 Å². The maximum atomic E-state index is 13.5. The zero-order valence-electron chi connectivity index (χ0n) is 10.5. The van der Waals surface area contributed by atoms with Crippen LogP contribution in [0.5, 0.6) is 0 Å². The quantitative estimate of drug-likeness (QED) is 0.774. The summed E-state index contributed by atoms with van der Waals surface area (Å²) in [4.78, 5) is 0. The first kappa shape index (κ1) is 12.4. The summed E-state index contributed by atoms with van der Waals surface area (Å²) in [6.45, 7) is 0.453. The Balaban J connectivity index is 1.63. The number of benzene rings is 1. The van der Waals surface area contributed by atoms with Gasteiger partial charge in [0.1, 0.15) is 11.6 Å². The summed E-state index contributed by atoms with van der Waals surface area (Å²) < 4.78 is 24.1. The second kappa shape index (κ2) is 5.56. The molecule has 3 aromatic rings. The van der Waals surface area contributed by atoms with E-state index in [9.17, 15) is 4.39 Å². The molecule has 1 N–H and O–H groups in total. The van der Waals surface area contributed by atoms with Crippen LogP contribution >= 0.6 is 0 Å². The molecule has 2 aromatic heterocycles. The van der Waals surface area contributed by atoms with Gasteiger partial charge in [0.25, 0.3) is 0 Å². The van der Waals surface area contributed by atoms with Crippen LogP contribution in [0.4, 0.5) is 10.4 Å². The number of hydrogen-bond donors (Lipinski definition) is 1. The molecule has 102 valence electrons. The molecule has 1 aromatic carbocycles. The first-order valence-electron chi connectivity index (χ1n) is 6.13. The highest BCUT2D eigenvalue weighted by Crippen LogP contribution is 2.14. The van der Waals surface area contributed by atoms with Crippen molar-refractivity contribution < 1.29 is 13.2 Å². The van der Waals surface area contributed by atoms with Gasteiger partial charge in [0.05, 0.1) is 19.2 Å². The zero-order chi connectivity index (χ0) is 13.8. The average molecular weight is 273 g/mol. The van der Waals surface area contributed by atoms with Gasteiger partial charge in [0, 0.05) is 0 Å². The van der Waals surface area contributed by atoms with Crippen molar-refractivity contribution in [2.45, 2.75) is 13.0 Å². The molecule has 0 aliphatic rings. The van der Waals surface area contributed by atoms with Crippen molar-refractivity contribution in [3.8, 4) is 0 Å². The van der Waals surface area contributed by atoms with Crippen LogP contribution in [0.3, 0.4) is 0 Å². The number of anilines is 1. The maximum absolute atomic E-state index is 13.5. The highest BCUT2D eigenvalue weighted by Gasteiger charge is 2.09. The summed E-state index contributed by atoms with van der Waals surface area (Å²) >= 11 is 0. The van der Waals surface area contributed by atoms with Crippen molar-refractivity contribution in [3.05, 3.63) is 65.7 Å². The topological polar surface area (TPSA) is 64.1 Å². The Morgan fingerprint density at radius 2 is 2.00 bits per heavy atom. The van der Waals surface area contributed by atoms with Gasteiger partial charge in [-0.25, -0.2) is 4.39 Å². The van der Waals surface area contributed by atoms with Crippen molar-refractivity contribution in [3.63, 3.8) is 0 Å². The van der Waals surface area contributed by atoms with Crippen LogP contribution in [0.15, 0.2) is 51.5 Å². The molecule has 0 bridgehead atoms. The third kappa shape index (κ3) is 2.85. The van der Waals surface area contributed by atoms with Crippen molar-refractivity contribution in [2.75, 3.05) is 5.32 Å². The number of nitrogens with one attached hydrogen (secondary N) is 1. The Bertz CT molecular complexity index is 679. The molecule has 0 unspecified atom stereocenters. The van der Waals surface area contributed by atoms with Gasteiger partial charge in [-0.15, -0.1) is 5.10 Å². The van der Waals surface area contributed by atoms with E-state index in [1.165, 1.54) is 6.07 Å². The Morgan fingerprint density at radius 1 is 1.10 bits per heavy atom. The number of nitrogens with zero attached hydrogens (tertiary/aromatic N) is 2. The molecule has 0 amide bonds. The lowest BCUT2D eigenvalue weighted by molar-refractivity contribution is 0.495. The lowest BCUT2D eigenvalue weighted by Gasteiger charge is -1.99.